The number of hydrogen-bond acceptors (Lipinski definition) is 4. The summed E-state index contributed by atoms with van der Waals surface area (Å²) in [6.45, 7) is 8.71. The molecule has 0 aliphatic rings. The van der Waals surface area contributed by atoms with Gasteiger partial charge < -0.3 is 14.9 Å². The zero-order valence-electron chi connectivity index (χ0n) is 21.0. The summed E-state index contributed by atoms with van der Waals surface area (Å²) < 4.78 is 5.82. The third-order valence-corrected chi connectivity index (χ3v) is 6.03. The average Bonchev–Trinajstić information content (AvgIpc) is 2.78. The smallest absolute Gasteiger partial charge is 0.196 e. The van der Waals surface area contributed by atoms with Gasteiger partial charge in [0.15, 0.2) is 5.78 Å². The summed E-state index contributed by atoms with van der Waals surface area (Å²) in [5.41, 5.74) is 0.702. The van der Waals surface area contributed by atoms with E-state index in [2.05, 4.69) is 6.92 Å². The van der Waals surface area contributed by atoms with E-state index < -0.39 is 5.41 Å². The highest BCUT2D eigenvalue weighted by Crippen LogP contribution is 2.37. The molecule has 0 spiro atoms. The molecule has 182 valence electrons. The molecule has 2 rings (SSSR count). The third kappa shape index (κ3) is 8.75. The van der Waals surface area contributed by atoms with Crippen molar-refractivity contribution in [3.8, 4) is 17.2 Å². The van der Waals surface area contributed by atoms with Crippen molar-refractivity contribution >= 4 is 5.78 Å². The minimum atomic E-state index is -0.399. The lowest BCUT2D eigenvalue weighted by Crippen LogP contribution is -2.13. The van der Waals surface area contributed by atoms with Gasteiger partial charge in [-0.3, -0.25) is 4.79 Å². The minimum Gasteiger partial charge on any atom is -0.508 e. The van der Waals surface area contributed by atoms with E-state index in [-0.39, 0.29) is 22.8 Å². The maximum absolute atomic E-state index is 13.0. The standard InChI is InChI=1S/C29H42O4/c1-5-6-7-8-9-10-11-12-13-14-19-33-24-17-15-22(16-18-24)27(31)25-20-23(30)21-26(28(25)32)29(2,3)4/h15-18,20-21,30,32H,5-14,19H2,1-4H3. The van der Waals surface area contributed by atoms with E-state index in [9.17, 15) is 15.0 Å². The Balaban J connectivity index is 1.79. The SMILES string of the molecule is CCCCCCCCCCCCOc1ccc(C(=O)c2cc(O)cc(C(C)(C)C)c2O)cc1. The summed E-state index contributed by atoms with van der Waals surface area (Å²) in [5, 5.41) is 20.7. The Labute approximate surface area is 200 Å². The quantitative estimate of drug-likeness (QED) is 0.173. The molecule has 0 atom stereocenters. The van der Waals surface area contributed by atoms with Crippen LogP contribution in [0.1, 0.15) is 113 Å². The van der Waals surface area contributed by atoms with E-state index >= 15 is 0 Å². The molecule has 4 heteroatoms. The first-order valence-corrected chi connectivity index (χ1v) is 12.6. The fourth-order valence-electron chi connectivity index (χ4n) is 4.00. The van der Waals surface area contributed by atoms with Gasteiger partial charge in [0, 0.05) is 11.1 Å². The Bertz CT molecular complexity index is 862. The number of benzene rings is 2. The normalized spacial score (nSPS) is 11.5. The van der Waals surface area contributed by atoms with Gasteiger partial charge in [-0.15, -0.1) is 0 Å². The molecule has 0 saturated carbocycles. The van der Waals surface area contributed by atoms with Crippen molar-refractivity contribution < 1.29 is 19.7 Å². The second-order valence-corrected chi connectivity index (χ2v) is 10.0. The van der Waals surface area contributed by atoms with Crippen LogP contribution in [0, 0.1) is 0 Å². The number of carbonyl (C=O) groups excluding carboxylic acids is 1. The van der Waals surface area contributed by atoms with Crippen molar-refractivity contribution in [2.45, 2.75) is 97.3 Å². The van der Waals surface area contributed by atoms with Crippen molar-refractivity contribution in [1.29, 1.82) is 0 Å². The number of phenols is 2. The number of carbonyl (C=O) groups is 1. The van der Waals surface area contributed by atoms with Gasteiger partial charge in [-0.1, -0.05) is 85.5 Å². The number of rotatable bonds is 14. The highest BCUT2D eigenvalue weighted by molar-refractivity contribution is 6.11. The molecule has 0 aliphatic carbocycles. The molecule has 0 unspecified atom stereocenters. The topological polar surface area (TPSA) is 66.8 Å². The number of unbranched alkanes of at least 4 members (excludes halogenated alkanes) is 9. The second-order valence-electron chi connectivity index (χ2n) is 10.0. The number of aromatic hydroxyl groups is 2. The summed E-state index contributed by atoms with van der Waals surface area (Å²) in [7, 11) is 0. The summed E-state index contributed by atoms with van der Waals surface area (Å²) in [4.78, 5) is 13.0. The summed E-state index contributed by atoms with van der Waals surface area (Å²) in [6, 6.07) is 9.81. The lowest BCUT2D eigenvalue weighted by atomic mass is 9.84. The lowest BCUT2D eigenvalue weighted by Gasteiger charge is -2.22. The number of ketones is 1. The van der Waals surface area contributed by atoms with Crippen molar-refractivity contribution in [1.82, 2.24) is 0 Å². The van der Waals surface area contributed by atoms with Gasteiger partial charge in [0.1, 0.15) is 17.2 Å². The van der Waals surface area contributed by atoms with Crippen LogP contribution in [0.15, 0.2) is 36.4 Å². The van der Waals surface area contributed by atoms with Gasteiger partial charge in [0.05, 0.1) is 12.2 Å². The first-order chi connectivity index (χ1) is 15.7. The predicted molar refractivity (Wildman–Crippen MR) is 136 cm³/mol. The van der Waals surface area contributed by atoms with Crippen molar-refractivity contribution in [2.75, 3.05) is 6.61 Å². The van der Waals surface area contributed by atoms with Crippen LogP contribution >= 0.6 is 0 Å². The Kier molecular flexibility index (Phi) is 10.8. The van der Waals surface area contributed by atoms with Crippen LogP contribution in [-0.4, -0.2) is 22.6 Å². The summed E-state index contributed by atoms with van der Waals surface area (Å²) in [5.74, 6) is 0.303. The first-order valence-electron chi connectivity index (χ1n) is 12.6. The van der Waals surface area contributed by atoms with Gasteiger partial charge in [0.2, 0.25) is 0 Å². The molecule has 4 nitrogen and oxygen atoms in total. The molecule has 0 aliphatic heterocycles. The van der Waals surface area contributed by atoms with Crippen LogP contribution in [0.25, 0.3) is 0 Å². The van der Waals surface area contributed by atoms with E-state index in [4.69, 9.17) is 4.74 Å². The monoisotopic (exact) mass is 454 g/mol. The largest absolute Gasteiger partial charge is 0.508 e. The van der Waals surface area contributed by atoms with Crippen LogP contribution in [-0.2, 0) is 5.41 Å². The van der Waals surface area contributed by atoms with Crippen molar-refractivity contribution in [3.05, 3.63) is 53.1 Å². The Morgan fingerprint density at radius 1 is 0.818 bits per heavy atom. The van der Waals surface area contributed by atoms with Crippen LogP contribution in [0.4, 0.5) is 0 Å². The molecule has 0 bridgehead atoms. The second kappa shape index (κ2) is 13.3. The molecule has 2 N–H and O–H groups in total. The van der Waals surface area contributed by atoms with E-state index in [1.54, 1.807) is 24.3 Å². The molecule has 0 aromatic heterocycles. The van der Waals surface area contributed by atoms with E-state index in [0.717, 1.165) is 12.2 Å². The summed E-state index contributed by atoms with van der Waals surface area (Å²) >= 11 is 0. The molecular formula is C29H42O4. The zero-order valence-corrected chi connectivity index (χ0v) is 21.0. The molecule has 33 heavy (non-hydrogen) atoms. The van der Waals surface area contributed by atoms with E-state index in [1.807, 2.05) is 20.8 Å². The Hall–Kier alpha value is -2.49. The van der Waals surface area contributed by atoms with Gasteiger partial charge in [0.25, 0.3) is 0 Å². The van der Waals surface area contributed by atoms with E-state index in [0.29, 0.717) is 17.7 Å². The summed E-state index contributed by atoms with van der Waals surface area (Å²) in [6.07, 6.45) is 12.9. The maximum atomic E-state index is 13.0. The van der Waals surface area contributed by atoms with Gasteiger partial charge >= 0.3 is 0 Å². The molecule has 0 fully saturated rings. The first kappa shape index (κ1) is 26.8. The third-order valence-electron chi connectivity index (χ3n) is 6.03. The number of phenolic OH excluding ortho intramolecular Hbond substituents is 2. The highest BCUT2D eigenvalue weighted by atomic mass is 16.5. The zero-order chi connectivity index (χ0) is 24.3. The minimum absolute atomic E-state index is 0.0301. The fourth-order valence-corrected chi connectivity index (χ4v) is 4.00. The maximum Gasteiger partial charge on any atom is 0.196 e. The molecule has 2 aromatic rings. The molecule has 0 amide bonds. The van der Waals surface area contributed by atoms with Crippen LogP contribution in [0.5, 0.6) is 17.2 Å². The van der Waals surface area contributed by atoms with Gasteiger partial charge in [-0.25, -0.2) is 0 Å². The highest BCUT2D eigenvalue weighted by Gasteiger charge is 2.24. The Morgan fingerprint density at radius 2 is 1.36 bits per heavy atom. The van der Waals surface area contributed by atoms with Gasteiger partial charge in [-0.05, 0) is 48.2 Å². The molecule has 0 saturated heterocycles. The van der Waals surface area contributed by atoms with Crippen molar-refractivity contribution in [3.63, 3.8) is 0 Å². The number of hydrogen-bond donors (Lipinski definition) is 2. The Morgan fingerprint density at radius 3 is 1.91 bits per heavy atom. The fraction of sp³-hybridized carbons (Fsp3) is 0.552. The molecule has 2 aromatic carbocycles. The predicted octanol–water partition coefficient (Wildman–Crippen LogP) is 7.93. The molecule has 0 heterocycles. The van der Waals surface area contributed by atoms with E-state index in [1.165, 1.54) is 69.9 Å². The molecule has 0 radical (unpaired) electrons. The lowest BCUT2D eigenvalue weighted by molar-refractivity contribution is 0.103. The van der Waals surface area contributed by atoms with Crippen LogP contribution in [0.2, 0.25) is 0 Å². The van der Waals surface area contributed by atoms with Gasteiger partial charge in [-0.2, -0.15) is 0 Å². The van der Waals surface area contributed by atoms with Crippen LogP contribution < -0.4 is 4.74 Å². The molecular weight excluding hydrogens is 412 g/mol. The van der Waals surface area contributed by atoms with Crippen molar-refractivity contribution in [2.24, 2.45) is 0 Å². The average molecular weight is 455 g/mol. The van der Waals surface area contributed by atoms with Crippen LogP contribution in [0.3, 0.4) is 0 Å². The number of ether oxygens (including phenoxy) is 1.